The van der Waals surface area contributed by atoms with E-state index in [1.807, 2.05) is 11.8 Å². The Bertz CT molecular complexity index is 1250. The lowest BCUT2D eigenvalue weighted by Crippen LogP contribution is -2.21. The van der Waals surface area contributed by atoms with Gasteiger partial charge in [-0.15, -0.1) is 0 Å². The van der Waals surface area contributed by atoms with E-state index in [9.17, 15) is 4.79 Å². The smallest absolute Gasteiger partial charge is 0.388 e. The lowest BCUT2D eigenvalue weighted by molar-refractivity contribution is 0.207. The zero-order valence-electron chi connectivity index (χ0n) is 19.4. The Hall–Kier alpha value is -2.72. The molecule has 0 bridgehead atoms. The Balaban J connectivity index is 1.68. The van der Waals surface area contributed by atoms with Crippen LogP contribution in [0.4, 0.5) is 4.79 Å². The van der Waals surface area contributed by atoms with E-state index in [2.05, 4.69) is 19.5 Å². The number of amides is 1. The summed E-state index contributed by atoms with van der Waals surface area (Å²) in [6, 6.07) is 1.78. The average molecular weight is 514 g/mol. The molecule has 2 fully saturated rings. The number of ether oxygens (including phenoxy) is 1. The van der Waals surface area contributed by atoms with Crippen LogP contribution in [-0.2, 0) is 11.3 Å². The van der Waals surface area contributed by atoms with E-state index >= 15 is 0 Å². The molecule has 3 N–H and O–H groups in total. The molecule has 184 valence electrons. The second-order valence-corrected chi connectivity index (χ2v) is 10.9. The van der Waals surface area contributed by atoms with Gasteiger partial charge in [0.1, 0.15) is 11.2 Å². The number of carbonyl (C=O) groups is 1. The van der Waals surface area contributed by atoms with Crippen LogP contribution in [0.5, 0.6) is 0 Å². The first-order chi connectivity index (χ1) is 17.0. The minimum absolute atomic E-state index is 0.0639. The number of nitrogens with two attached hydrogens (primary N) is 1. The number of nitrogens with one attached hydrogen (secondary N) is 1. The molecule has 11 heteroatoms. The standard InChI is InChI=1S/C24H28ClN7O2S/c25-16-10-15(11-28-12-16)18-19-21(30-22(29-18)20(26)34-23(27)33)31-24(35-17-8-4-5-9-17)32(19)13-14-6-2-1-3-7-14/h10-12,14,17,26H,1-9,13H2,(H2,27,33). The highest BCUT2D eigenvalue weighted by Gasteiger charge is 2.27. The zero-order chi connectivity index (χ0) is 24.4. The van der Waals surface area contributed by atoms with Gasteiger partial charge in [-0.05, 0) is 37.7 Å². The van der Waals surface area contributed by atoms with Crippen molar-refractivity contribution in [3.05, 3.63) is 29.3 Å². The van der Waals surface area contributed by atoms with Crippen LogP contribution in [0.15, 0.2) is 23.6 Å². The molecule has 5 rings (SSSR count). The Morgan fingerprint density at radius 2 is 1.86 bits per heavy atom. The minimum atomic E-state index is -1.09. The molecular weight excluding hydrogens is 486 g/mol. The Morgan fingerprint density at radius 3 is 2.57 bits per heavy atom. The van der Waals surface area contributed by atoms with Gasteiger partial charge >= 0.3 is 6.09 Å². The summed E-state index contributed by atoms with van der Waals surface area (Å²) in [5.41, 5.74) is 7.61. The summed E-state index contributed by atoms with van der Waals surface area (Å²) < 4.78 is 7.04. The maximum absolute atomic E-state index is 11.3. The maximum atomic E-state index is 11.3. The number of hydrogen-bond acceptors (Lipinski definition) is 8. The number of thioether (sulfide) groups is 1. The van der Waals surface area contributed by atoms with Gasteiger partial charge in [-0.2, -0.15) is 0 Å². The molecule has 0 atom stereocenters. The minimum Gasteiger partial charge on any atom is -0.388 e. The highest BCUT2D eigenvalue weighted by atomic mass is 35.5. The molecule has 0 spiro atoms. The fraction of sp³-hybridized carbons (Fsp3) is 0.500. The van der Waals surface area contributed by atoms with Crippen molar-refractivity contribution in [3.8, 4) is 11.3 Å². The zero-order valence-corrected chi connectivity index (χ0v) is 20.9. The fourth-order valence-electron chi connectivity index (χ4n) is 5.05. The molecular formula is C24H28ClN7O2S. The van der Waals surface area contributed by atoms with E-state index in [-0.39, 0.29) is 5.82 Å². The highest BCUT2D eigenvalue weighted by Crippen LogP contribution is 2.39. The molecule has 0 radical (unpaired) electrons. The topological polar surface area (TPSA) is 133 Å². The van der Waals surface area contributed by atoms with Crippen LogP contribution in [0.1, 0.15) is 63.6 Å². The van der Waals surface area contributed by atoms with Crippen molar-refractivity contribution >= 4 is 46.5 Å². The van der Waals surface area contributed by atoms with E-state index < -0.39 is 12.0 Å². The predicted molar refractivity (Wildman–Crippen MR) is 136 cm³/mol. The molecule has 9 nitrogen and oxygen atoms in total. The number of fused-ring (bicyclic) bond motifs is 1. The quantitative estimate of drug-likeness (QED) is 0.324. The number of primary amides is 1. The molecule has 1 amide bonds. The maximum Gasteiger partial charge on any atom is 0.411 e. The monoisotopic (exact) mass is 513 g/mol. The molecule has 0 unspecified atom stereocenters. The number of imidazole rings is 1. The molecule has 35 heavy (non-hydrogen) atoms. The molecule has 3 aromatic rings. The molecule has 2 aliphatic rings. The number of pyridine rings is 1. The number of aromatic nitrogens is 5. The summed E-state index contributed by atoms with van der Waals surface area (Å²) in [7, 11) is 0. The fourth-order valence-corrected chi connectivity index (χ4v) is 6.52. The summed E-state index contributed by atoms with van der Waals surface area (Å²) in [5.74, 6) is -0.0287. The third-order valence-electron chi connectivity index (χ3n) is 6.69. The summed E-state index contributed by atoms with van der Waals surface area (Å²) >= 11 is 8.08. The van der Waals surface area contributed by atoms with E-state index in [0.29, 0.717) is 33.1 Å². The van der Waals surface area contributed by atoms with Crippen molar-refractivity contribution in [1.82, 2.24) is 24.5 Å². The van der Waals surface area contributed by atoms with Gasteiger partial charge in [-0.25, -0.2) is 19.7 Å². The lowest BCUT2D eigenvalue weighted by Gasteiger charge is -2.23. The summed E-state index contributed by atoms with van der Waals surface area (Å²) in [5, 5.41) is 10.1. The summed E-state index contributed by atoms with van der Waals surface area (Å²) in [6.07, 6.45) is 13.1. The molecule has 0 saturated heterocycles. The summed E-state index contributed by atoms with van der Waals surface area (Å²) in [6.45, 7) is 0.838. The van der Waals surface area contributed by atoms with Gasteiger partial charge in [0.15, 0.2) is 10.8 Å². The van der Waals surface area contributed by atoms with Crippen molar-refractivity contribution in [2.75, 3.05) is 0 Å². The number of nitrogens with zero attached hydrogens (tertiary/aromatic N) is 5. The second-order valence-electron chi connectivity index (χ2n) is 9.24. The largest absolute Gasteiger partial charge is 0.411 e. The van der Waals surface area contributed by atoms with Gasteiger partial charge in [0.2, 0.25) is 5.82 Å². The van der Waals surface area contributed by atoms with Crippen molar-refractivity contribution in [3.63, 3.8) is 0 Å². The predicted octanol–water partition coefficient (Wildman–Crippen LogP) is 5.58. The molecule has 3 aromatic heterocycles. The van der Waals surface area contributed by atoms with E-state index in [1.165, 1.54) is 57.8 Å². The van der Waals surface area contributed by atoms with Crippen molar-refractivity contribution in [1.29, 1.82) is 5.41 Å². The third-order valence-corrected chi connectivity index (χ3v) is 8.23. The van der Waals surface area contributed by atoms with Crippen LogP contribution >= 0.6 is 23.4 Å². The van der Waals surface area contributed by atoms with Crippen LogP contribution < -0.4 is 5.73 Å². The number of carbonyl (C=O) groups excluding carboxylic acids is 1. The first-order valence-electron chi connectivity index (χ1n) is 12.1. The Labute approximate surface area is 212 Å². The van der Waals surface area contributed by atoms with E-state index in [4.69, 9.17) is 32.5 Å². The van der Waals surface area contributed by atoms with Gasteiger partial charge in [0, 0.05) is 29.8 Å². The summed E-state index contributed by atoms with van der Waals surface area (Å²) in [4.78, 5) is 29.6. The van der Waals surface area contributed by atoms with Gasteiger partial charge in [0.25, 0.3) is 5.90 Å². The van der Waals surface area contributed by atoms with E-state index in [0.717, 1.165) is 17.2 Å². The van der Waals surface area contributed by atoms with Crippen LogP contribution in [0.25, 0.3) is 22.4 Å². The average Bonchev–Trinajstić information content (AvgIpc) is 3.47. The molecule has 0 aromatic carbocycles. The normalized spacial score (nSPS) is 17.2. The second kappa shape index (κ2) is 10.5. The number of halogens is 1. The highest BCUT2D eigenvalue weighted by molar-refractivity contribution is 7.99. The van der Waals surface area contributed by atoms with Crippen molar-refractivity contribution in [2.24, 2.45) is 11.7 Å². The number of rotatable bonds is 6. The van der Waals surface area contributed by atoms with Gasteiger partial charge in [-0.3, -0.25) is 10.4 Å². The Morgan fingerprint density at radius 1 is 1.11 bits per heavy atom. The number of hydrogen-bond donors (Lipinski definition) is 2. The molecule has 0 aliphatic heterocycles. The molecule has 2 aliphatic carbocycles. The van der Waals surface area contributed by atoms with Crippen LogP contribution in [0.3, 0.4) is 0 Å². The van der Waals surface area contributed by atoms with Gasteiger partial charge in [-0.1, -0.05) is 55.5 Å². The van der Waals surface area contributed by atoms with Crippen LogP contribution in [-0.4, -0.2) is 41.7 Å². The third kappa shape index (κ3) is 5.43. The van der Waals surface area contributed by atoms with Crippen molar-refractivity contribution < 1.29 is 9.53 Å². The lowest BCUT2D eigenvalue weighted by atomic mass is 9.89. The van der Waals surface area contributed by atoms with Gasteiger partial charge < -0.3 is 15.0 Å². The van der Waals surface area contributed by atoms with Gasteiger partial charge in [0.05, 0.1) is 5.02 Å². The van der Waals surface area contributed by atoms with Crippen LogP contribution in [0, 0.1) is 11.3 Å². The van der Waals surface area contributed by atoms with E-state index in [1.54, 1.807) is 18.5 Å². The SMILES string of the molecule is N=C(OC(N)=O)c1nc(-c2cncc(Cl)c2)c2c(n1)nc(SC1CCCC1)n2CC1CCCCC1. The van der Waals surface area contributed by atoms with Crippen LogP contribution in [0.2, 0.25) is 5.02 Å². The first-order valence-corrected chi connectivity index (χ1v) is 13.4. The molecule has 3 heterocycles. The molecule has 2 saturated carbocycles. The first kappa shape index (κ1) is 24.0. The van der Waals surface area contributed by atoms with Crippen molar-refractivity contribution in [2.45, 2.75) is 74.7 Å². The Kier molecular flexibility index (Phi) is 7.19.